The quantitative estimate of drug-likeness (QED) is 0.421. The number of hydrogen-bond donors (Lipinski definition) is 4. The first-order valence-electron chi connectivity index (χ1n) is 10.8. The molecule has 3 aromatic rings. The van der Waals surface area contributed by atoms with Gasteiger partial charge in [-0.15, -0.1) is 0 Å². The Morgan fingerprint density at radius 1 is 0.939 bits per heavy atom. The van der Waals surface area contributed by atoms with Crippen LogP contribution >= 0.6 is 0 Å². The Labute approximate surface area is 192 Å². The van der Waals surface area contributed by atoms with Gasteiger partial charge in [-0.2, -0.15) is 0 Å². The molecule has 0 fully saturated rings. The van der Waals surface area contributed by atoms with Crippen molar-refractivity contribution in [2.24, 2.45) is 5.73 Å². The molecular weight excluding hydrogens is 420 g/mol. The third kappa shape index (κ3) is 6.83. The highest BCUT2D eigenvalue weighted by molar-refractivity contribution is 5.92. The minimum atomic E-state index is -0.952. The summed E-state index contributed by atoms with van der Waals surface area (Å²) in [5, 5.41) is 6.28. The van der Waals surface area contributed by atoms with Crippen LogP contribution in [0.4, 0.5) is 4.79 Å². The van der Waals surface area contributed by atoms with Gasteiger partial charge >= 0.3 is 6.09 Å². The number of aromatic nitrogens is 1. The molecule has 33 heavy (non-hydrogen) atoms. The lowest BCUT2D eigenvalue weighted by atomic mass is 10.0. The number of aromatic amines is 1. The van der Waals surface area contributed by atoms with Crippen molar-refractivity contribution in [2.45, 2.75) is 51.3 Å². The van der Waals surface area contributed by atoms with E-state index < -0.39 is 35.6 Å². The number of alkyl carbamates (subject to hydrolysis) is 1. The van der Waals surface area contributed by atoms with Crippen LogP contribution in [-0.4, -0.2) is 40.6 Å². The van der Waals surface area contributed by atoms with Crippen molar-refractivity contribution in [1.29, 1.82) is 0 Å². The maximum Gasteiger partial charge on any atom is 0.408 e. The average Bonchev–Trinajstić information content (AvgIpc) is 3.15. The molecule has 0 aliphatic rings. The molecule has 3 amide bonds. The molecule has 5 N–H and O–H groups in total. The van der Waals surface area contributed by atoms with Gasteiger partial charge in [0.2, 0.25) is 11.8 Å². The Morgan fingerprint density at radius 2 is 1.61 bits per heavy atom. The molecule has 8 nitrogen and oxygen atoms in total. The predicted molar refractivity (Wildman–Crippen MR) is 126 cm³/mol. The second-order valence-electron chi connectivity index (χ2n) is 8.92. The molecule has 0 unspecified atom stereocenters. The van der Waals surface area contributed by atoms with Gasteiger partial charge < -0.3 is 26.1 Å². The van der Waals surface area contributed by atoms with Crippen molar-refractivity contribution in [3.8, 4) is 0 Å². The highest BCUT2D eigenvalue weighted by Gasteiger charge is 2.28. The van der Waals surface area contributed by atoms with Gasteiger partial charge in [-0.1, -0.05) is 48.5 Å². The third-order valence-electron chi connectivity index (χ3n) is 5.05. The molecular formula is C25H30N4O4. The molecule has 0 aliphatic carbocycles. The van der Waals surface area contributed by atoms with Gasteiger partial charge in [0.25, 0.3) is 0 Å². The number of H-pyrrole nitrogens is 1. The summed E-state index contributed by atoms with van der Waals surface area (Å²) in [6.07, 6.45) is 1.53. The molecule has 0 bridgehead atoms. The number of carbonyl (C=O) groups excluding carboxylic acids is 3. The summed E-state index contributed by atoms with van der Waals surface area (Å²) >= 11 is 0. The van der Waals surface area contributed by atoms with Crippen molar-refractivity contribution in [3.63, 3.8) is 0 Å². The monoisotopic (exact) mass is 450 g/mol. The van der Waals surface area contributed by atoms with Crippen LogP contribution in [0, 0.1) is 0 Å². The van der Waals surface area contributed by atoms with Gasteiger partial charge in [0.15, 0.2) is 0 Å². The molecule has 8 heteroatoms. The van der Waals surface area contributed by atoms with Gasteiger partial charge in [0, 0.05) is 29.9 Å². The van der Waals surface area contributed by atoms with E-state index >= 15 is 0 Å². The highest BCUT2D eigenvalue weighted by Crippen LogP contribution is 2.19. The van der Waals surface area contributed by atoms with E-state index in [-0.39, 0.29) is 12.8 Å². The van der Waals surface area contributed by atoms with Crippen molar-refractivity contribution in [1.82, 2.24) is 15.6 Å². The Morgan fingerprint density at radius 3 is 2.27 bits per heavy atom. The number of nitrogens with one attached hydrogen (secondary N) is 3. The van der Waals surface area contributed by atoms with Crippen molar-refractivity contribution in [2.75, 3.05) is 0 Å². The topological polar surface area (TPSA) is 126 Å². The molecule has 174 valence electrons. The summed E-state index contributed by atoms with van der Waals surface area (Å²) in [6, 6.07) is 15.0. The van der Waals surface area contributed by atoms with Crippen LogP contribution in [0.5, 0.6) is 0 Å². The first-order valence-corrected chi connectivity index (χ1v) is 10.8. The van der Waals surface area contributed by atoms with Gasteiger partial charge in [-0.25, -0.2) is 4.79 Å². The van der Waals surface area contributed by atoms with E-state index in [9.17, 15) is 14.4 Å². The number of nitrogens with two attached hydrogens (primary N) is 1. The predicted octanol–water partition coefficient (Wildman–Crippen LogP) is 2.82. The molecule has 2 aromatic carbocycles. The number of hydrogen-bond acceptors (Lipinski definition) is 4. The fraction of sp³-hybridized carbons (Fsp3) is 0.320. The maximum absolute atomic E-state index is 13.2. The molecule has 0 aliphatic heterocycles. The second kappa shape index (κ2) is 10.2. The van der Waals surface area contributed by atoms with Crippen LogP contribution in [0.25, 0.3) is 10.9 Å². The average molecular weight is 451 g/mol. The second-order valence-corrected chi connectivity index (χ2v) is 8.92. The molecule has 3 rings (SSSR count). The number of benzene rings is 2. The van der Waals surface area contributed by atoms with Crippen LogP contribution in [0.15, 0.2) is 60.8 Å². The smallest absolute Gasteiger partial charge is 0.408 e. The summed E-state index contributed by atoms with van der Waals surface area (Å²) in [7, 11) is 0. The van der Waals surface area contributed by atoms with Crippen LogP contribution in [-0.2, 0) is 27.2 Å². The number of carbonyl (C=O) groups is 3. The SMILES string of the molecule is CC(C)(C)OC(=O)N[C@@H](Cc1ccccc1)C(=O)N[C@@H](Cc1c[nH]c2ccccc12)C(N)=O. The highest BCUT2D eigenvalue weighted by atomic mass is 16.6. The lowest BCUT2D eigenvalue weighted by Crippen LogP contribution is -2.54. The Bertz CT molecular complexity index is 1120. The summed E-state index contributed by atoms with van der Waals surface area (Å²) in [5.74, 6) is -1.18. The number of para-hydroxylation sites is 1. The fourth-order valence-corrected chi connectivity index (χ4v) is 3.52. The summed E-state index contributed by atoms with van der Waals surface area (Å²) in [6.45, 7) is 5.22. The summed E-state index contributed by atoms with van der Waals surface area (Å²) < 4.78 is 5.32. The Hall–Kier alpha value is -3.81. The number of primary amides is 1. The molecule has 2 atom stereocenters. The molecule has 0 saturated heterocycles. The lowest BCUT2D eigenvalue weighted by Gasteiger charge is -2.25. The molecule has 0 spiro atoms. The largest absolute Gasteiger partial charge is 0.444 e. The summed E-state index contributed by atoms with van der Waals surface area (Å²) in [4.78, 5) is 40.9. The maximum atomic E-state index is 13.2. The molecule has 0 radical (unpaired) electrons. The Kier molecular flexibility index (Phi) is 7.37. The van der Waals surface area contributed by atoms with Gasteiger partial charge in [-0.3, -0.25) is 9.59 Å². The van der Waals surface area contributed by atoms with Crippen LogP contribution in [0.3, 0.4) is 0 Å². The normalized spacial score (nSPS) is 13.2. The van der Waals surface area contributed by atoms with E-state index in [4.69, 9.17) is 10.5 Å². The summed E-state index contributed by atoms with van der Waals surface area (Å²) in [5.41, 5.74) is 7.52. The lowest BCUT2D eigenvalue weighted by molar-refractivity contribution is -0.128. The van der Waals surface area contributed by atoms with E-state index in [1.165, 1.54) is 0 Å². The Balaban J connectivity index is 1.77. The molecule has 1 aromatic heterocycles. The van der Waals surface area contributed by atoms with Gasteiger partial charge in [0.05, 0.1) is 0 Å². The third-order valence-corrected chi connectivity index (χ3v) is 5.05. The fourth-order valence-electron chi connectivity index (χ4n) is 3.52. The van der Waals surface area contributed by atoms with E-state index in [0.29, 0.717) is 0 Å². The molecule has 0 saturated carbocycles. The van der Waals surface area contributed by atoms with Crippen LogP contribution in [0.2, 0.25) is 0 Å². The minimum Gasteiger partial charge on any atom is -0.444 e. The van der Waals surface area contributed by atoms with E-state index in [2.05, 4.69) is 15.6 Å². The number of fused-ring (bicyclic) bond motifs is 1. The first kappa shape index (κ1) is 23.8. The van der Waals surface area contributed by atoms with E-state index in [0.717, 1.165) is 22.0 Å². The van der Waals surface area contributed by atoms with Gasteiger partial charge in [-0.05, 0) is 38.0 Å². The zero-order chi connectivity index (χ0) is 24.0. The molecule has 1 heterocycles. The van der Waals surface area contributed by atoms with Crippen LogP contribution in [0.1, 0.15) is 31.9 Å². The standard InChI is InChI=1S/C25H30N4O4/c1-25(2,3)33-24(32)29-21(13-16-9-5-4-6-10-16)23(31)28-20(22(26)30)14-17-15-27-19-12-8-7-11-18(17)19/h4-12,15,20-21,27H,13-14H2,1-3H3,(H2,26,30)(H,28,31)(H,29,32)/t20-,21-/m0/s1. The van der Waals surface area contributed by atoms with Crippen molar-refractivity contribution < 1.29 is 19.1 Å². The zero-order valence-electron chi connectivity index (χ0n) is 19.1. The first-order chi connectivity index (χ1) is 15.6. The minimum absolute atomic E-state index is 0.218. The van der Waals surface area contributed by atoms with Gasteiger partial charge in [0.1, 0.15) is 17.7 Å². The van der Waals surface area contributed by atoms with Crippen molar-refractivity contribution in [3.05, 3.63) is 71.9 Å². The van der Waals surface area contributed by atoms with Crippen molar-refractivity contribution >= 4 is 28.8 Å². The van der Waals surface area contributed by atoms with E-state index in [1.54, 1.807) is 27.0 Å². The number of ether oxygens (including phenoxy) is 1. The number of rotatable bonds is 8. The number of amides is 3. The van der Waals surface area contributed by atoms with Crippen LogP contribution < -0.4 is 16.4 Å². The zero-order valence-corrected chi connectivity index (χ0v) is 19.1. The van der Waals surface area contributed by atoms with E-state index in [1.807, 2.05) is 54.6 Å².